The van der Waals surface area contributed by atoms with Crippen molar-refractivity contribution in [1.82, 2.24) is 9.97 Å². The smallest absolute Gasteiger partial charge is 0.120 e. The number of hydrogen-bond donors (Lipinski definition) is 0. The minimum Gasteiger partial charge on any atom is -0.501 e. The number of fused-ring (bicyclic) bond motifs is 3. The molecule has 3 heterocycles. The van der Waals surface area contributed by atoms with Gasteiger partial charge in [0.1, 0.15) is 5.58 Å². The van der Waals surface area contributed by atoms with Crippen LogP contribution in [-0.2, 0) is 25.5 Å². The van der Waals surface area contributed by atoms with Gasteiger partial charge in [-0.15, -0.1) is 53.6 Å². The van der Waals surface area contributed by atoms with Gasteiger partial charge in [-0.25, -0.2) is 0 Å². The molecule has 0 saturated carbocycles. The molecule has 0 aliphatic rings. The van der Waals surface area contributed by atoms with E-state index in [1.807, 2.05) is 66.9 Å². The van der Waals surface area contributed by atoms with E-state index >= 15 is 0 Å². The molecule has 0 aliphatic carbocycles. The van der Waals surface area contributed by atoms with Crippen molar-refractivity contribution >= 4 is 21.9 Å². The summed E-state index contributed by atoms with van der Waals surface area (Å²) in [7, 11) is 0. The van der Waals surface area contributed by atoms with Crippen molar-refractivity contribution in [3.05, 3.63) is 145 Å². The molecular formula is C38H30IrN2O-2. The maximum absolute atomic E-state index is 5.97. The number of nitrogens with zero attached hydrogens (tertiary/aromatic N) is 2. The molecule has 0 fully saturated rings. The van der Waals surface area contributed by atoms with Gasteiger partial charge in [0.2, 0.25) is 0 Å². The van der Waals surface area contributed by atoms with Gasteiger partial charge in [0.05, 0.1) is 5.58 Å². The second-order valence-corrected chi connectivity index (χ2v) is 10.9. The SMILES string of the molecule is CC(C)(C)c1ccnc(-c2[c-]ccc(-c3ccccc3)c2)c1.[Ir].[c-]1ccc2c(oc3ccccc32)c1-c1ccccn1. The minimum atomic E-state index is 0. The number of furan rings is 1. The molecule has 0 aliphatic heterocycles. The standard InChI is InChI=1S/C21H20N.C17H10NO.Ir/c1-21(2,3)19-12-13-22-20(15-19)18-11-7-10-17(14-18)16-8-5-4-6-9-16;1-2-10-16-12(6-1)13-7-5-8-14(17(13)19-16)15-9-3-4-11-18-15;/h4-10,12-15H,1-3H3;1-7,9-11H;/q2*-1;. The second kappa shape index (κ2) is 12.6. The van der Waals surface area contributed by atoms with E-state index in [1.54, 1.807) is 6.20 Å². The Balaban J connectivity index is 0.000000165. The van der Waals surface area contributed by atoms with Crippen molar-refractivity contribution in [1.29, 1.82) is 0 Å². The molecule has 3 aromatic heterocycles. The van der Waals surface area contributed by atoms with Crippen molar-refractivity contribution in [2.75, 3.05) is 0 Å². The third kappa shape index (κ3) is 6.26. The van der Waals surface area contributed by atoms with Crippen molar-refractivity contribution < 1.29 is 24.5 Å². The number of para-hydroxylation sites is 1. The van der Waals surface area contributed by atoms with Gasteiger partial charge in [0.15, 0.2) is 0 Å². The number of rotatable bonds is 3. The average molecular weight is 723 g/mol. The van der Waals surface area contributed by atoms with Crippen LogP contribution in [0.5, 0.6) is 0 Å². The molecule has 42 heavy (non-hydrogen) atoms. The topological polar surface area (TPSA) is 38.9 Å². The fourth-order valence-electron chi connectivity index (χ4n) is 4.86. The van der Waals surface area contributed by atoms with Gasteiger partial charge in [-0.2, -0.15) is 0 Å². The first kappa shape index (κ1) is 29.1. The van der Waals surface area contributed by atoms with Crippen LogP contribution in [0.1, 0.15) is 26.3 Å². The number of benzene rings is 4. The van der Waals surface area contributed by atoms with Crippen LogP contribution in [0.2, 0.25) is 0 Å². The van der Waals surface area contributed by atoms with Gasteiger partial charge in [0.25, 0.3) is 0 Å². The van der Waals surface area contributed by atoms with Crippen molar-refractivity contribution in [3.63, 3.8) is 0 Å². The Morgan fingerprint density at radius 1 is 0.619 bits per heavy atom. The van der Waals surface area contributed by atoms with Crippen LogP contribution in [0.15, 0.2) is 132 Å². The molecule has 0 amide bonds. The van der Waals surface area contributed by atoms with Crippen LogP contribution in [-0.4, -0.2) is 9.97 Å². The normalized spacial score (nSPS) is 11.0. The van der Waals surface area contributed by atoms with Gasteiger partial charge < -0.3 is 14.4 Å². The van der Waals surface area contributed by atoms with E-state index in [2.05, 4.69) is 97.5 Å². The van der Waals surface area contributed by atoms with Crippen LogP contribution in [0.4, 0.5) is 0 Å². The fourth-order valence-corrected chi connectivity index (χ4v) is 4.86. The predicted octanol–water partition coefficient (Wildman–Crippen LogP) is 9.96. The Morgan fingerprint density at radius 3 is 2.14 bits per heavy atom. The van der Waals surface area contributed by atoms with Crippen molar-refractivity contribution in [2.45, 2.75) is 26.2 Å². The van der Waals surface area contributed by atoms with Crippen LogP contribution < -0.4 is 0 Å². The Morgan fingerprint density at radius 2 is 1.36 bits per heavy atom. The first-order chi connectivity index (χ1) is 20.0. The average Bonchev–Trinajstić information content (AvgIpc) is 3.41. The molecule has 4 heteroatoms. The third-order valence-electron chi connectivity index (χ3n) is 7.07. The van der Waals surface area contributed by atoms with E-state index in [0.717, 1.165) is 44.5 Å². The molecule has 0 atom stereocenters. The molecule has 7 rings (SSSR count). The zero-order valence-electron chi connectivity index (χ0n) is 23.8. The number of aromatic nitrogens is 2. The number of hydrogen-bond acceptors (Lipinski definition) is 3. The molecule has 4 aromatic carbocycles. The fraction of sp³-hybridized carbons (Fsp3) is 0.105. The molecule has 7 aromatic rings. The van der Waals surface area contributed by atoms with Gasteiger partial charge in [-0.1, -0.05) is 98.5 Å². The summed E-state index contributed by atoms with van der Waals surface area (Å²) in [6.07, 6.45) is 3.67. The van der Waals surface area contributed by atoms with Crippen LogP contribution in [0.25, 0.3) is 55.6 Å². The molecule has 1 radical (unpaired) electrons. The van der Waals surface area contributed by atoms with Gasteiger partial charge in [0, 0.05) is 37.9 Å². The summed E-state index contributed by atoms with van der Waals surface area (Å²) in [5, 5.41) is 2.23. The Hall–Kier alpha value is -4.37. The maximum atomic E-state index is 5.97. The predicted molar refractivity (Wildman–Crippen MR) is 168 cm³/mol. The van der Waals surface area contributed by atoms with E-state index in [1.165, 1.54) is 16.7 Å². The maximum Gasteiger partial charge on any atom is 0.120 e. The molecule has 0 N–H and O–H groups in total. The van der Waals surface area contributed by atoms with E-state index in [9.17, 15) is 0 Å². The van der Waals surface area contributed by atoms with Gasteiger partial charge in [-0.3, -0.25) is 0 Å². The Bertz CT molecular complexity index is 1920. The summed E-state index contributed by atoms with van der Waals surface area (Å²) in [6.45, 7) is 6.66. The van der Waals surface area contributed by atoms with E-state index in [0.29, 0.717) is 0 Å². The first-order valence-corrected chi connectivity index (χ1v) is 13.7. The first-order valence-electron chi connectivity index (χ1n) is 13.7. The van der Waals surface area contributed by atoms with E-state index < -0.39 is 0 Å². The molecular weight excluding hydrogens is 693 g/mol. The minimum absolute atomic E-state index is 0. The van der Waals surface area contributed by atoms with Gasteiger partial charge >= 0.3 is 0 Å². The summed E-state index contributed by atoms with van der Waals surface area (Å²) in [5.74, 6) is 0. The molecule has 0 unspecified atom stereocenters. The van der Waals surface area contributed by atoms with Crippen LogP contribution >= 0.6 is 0 Å². The molecule has 0 spiro atoms. The van der Waals surface area contributed by atoms with E-state index in [-0.39, 0.29) is 25.5 Å². The summed E-state index contributed by atoms with van der Waals surface area (Å²) in [6, 6.07) is 45.3. The van der Waals surface area contributed by atoms with Crippen LogP contribution in [0, 0.1) is 12.1 Å². The van der Waals surface area contributed by atoms with E-state index in [4.69, 9.17) is 4.42 Å². The van der Waals surface area contributed by atoms with Gasteiger partial charge in [-0.05, 0) is 46.1 Å². The summed E-state index contributed by atoms with van der Waals surface area (Å²) in [4.78, 5) is 8.90. The third-order valence-corrected chi connectivity index (χ3v) is 7.07. The molecule has 209 valence electrons. The van der Waals surface area contributed by atoms with Crippen molar-refractivity contribution in [2.24, 2.45) is 0 Å². The Kier molecular flexibility index (Phi) is 8.77. The van der Waals surface area contributed by atoms with Crippen molar-refractivity contribution in [3.8, 4) is 33.6 Å². The quantitative estimate of drug-likeness (QED) is 0.171. The molecule has 0 saturated heterocycles. The monoisotopic (exact) mass is 723 g/mol. The number of pyridine rings is 2. The summed E-state index contributed by atoms with van der Waals surface area (Å²) < 4.78 is 5.97. The zero-order valence-corrected chi connectivity index (χ0v) is 26.2. The zero-order chi connectivity index (χ0) is 28.2. The molecule has 0 bridgehead atoms. The summed E-state index contributed by atoms with van der Waals surface area (Å²) >= 11 is 0. The largest absolute Gasteiger partial charge is 0.501 e. The summed E-state index contributed by atoms with van der Waals surface area (Å²) in [5.41, 5.74) is 9.36. The second-order valence-electron chi connectivity index (χ2n) is 10.9. The Labute approximate surface area is 260 Å². The molecule has 3 nitrogen and oxygen atoms in total. The van der Waals surface area contributed by atoms with Crippen LogP contribution in [0.3, 0.4) is 0 Å².